The number of carbonyl (C=O) groups excluding carboxylic acids is 2. The lowest BCUT2D eigenvalue weighted by Crippen LogP contribution is -2.45. The van der Waals surface area contributed by atoms with E-state index in [1.54, 1.807) is 23.8 Å². The molecule has 0 unspecified atom stereocenters. The number of nitrogens with zero attached hydrogens (tertiary/aromatic N) is 1. The highest BCUT2D eigenvalue weighted by molar-refractivity contribution is 7.98. The molecule has 6 heteroatoms. The zero-order valence-corrected chi connectivity index (χ0v) is 17.1. The smallest absolute Gasteiger partial charge is 0.225 e. The number of thioether (sulfide) groups is 1. The molecule has 0 spiro atoms. The summed E-state index contributed by atoms with van der Waals surface area (Å²) in [5.74, 6) is 0.669. The number of piperidine rings is 1. The van der Waals surface area contributed by atoms with E-state index in [1.807, 2.05) is 42.7 Å². The van der Waals surface area contributed by atoms with Gasteiger partial charge >= 0.3 is 0 Å². The summed E-state index contributed by atoms with van der Waals surface area (Å²) in [5, 5.41) is 3.02. The summed E-state index contributed by atoms with van der Waals surface area (Å²) in [6, 6.07) is 15.8. The minimum absolute atomic E-state index is 0.00599. The molecule has 2 aromatic carbocycles. The number of nitrogens with one attached hydrogen (secondary N) is 1. The van der Waals surface area contributed by atoms with Crippen LogP contribution in [0, 0.1) is 5.92 Å². The van der Waals surface area contributed by atoms with Crippen molar-refractivity contribution < 1.29 is 14.3 Å². The topological polar surface area (TPSA) is 58.6 Å². The standard InChI is InChI=1S/C22H26N2O3S/c1-27-20-6-4-3-5-17(20)14-24-15-18(9-12-21(24)25)22(26)23-13-16-7-10-19(28-2)11-8-16/h3-8,10-11,18H,9,12-15H2,1-2H3,(H,23,26)/t18-/m1/s1. The fourth-order valence-electron chi connectivity index (χ4n) is 3.40. The van der Waals surface area contributed by atoms with Gasteiger partial charge in [0.05, 0.1) is 13.0 Å². The van der Waals surface area contributed by atoms with Gasteiger partial charge < -0.3 is 15.0 Å². The Hall–Kier alpha value is -2.47. The highest BCUT2D eigenvalue weighted by atomic mass is 32.2. The van der Waals surface area contributed by atoms with Gasteiger partial charge in [-0.25, -0.2) is 0 Å². The maximum absolute atomic E-state index is 12.6. The number of ether oxygens (including phenoxy) is 1. The molecule has 1 fully saturated rings. The number of likely N-dealkylation sites (tertiary alicyclic amines) is 1. The van der Waals surface area contributed by atoms with E-state index in [-0.39, 0.29) is 17.7 Å². The molecule has 0 radical (unpaired) electrons. The van der Waals surface area contributed by atoms with Gasteiger partial charge in [-0.15, -0.1) is 11.8 Å². The minimum Gasteiger partial charge on any atom is -0.496 e. The number of rotatable bonds is 7. The van der Waals surface area contributed by atoms with Crippen molar-refractivity contribution in [3.05, 3.63) is 59.7 Å². The summed E-state index contributed by atoms with van der Waals surface area (Å²) in [6.07, 6.45) is 3.03. The predicted octanol–water partition coefficient (Wildman–Crippen LogP) is 3.47. The number of hydrogen-bond donors (Lipinski definition) is 1. The average molecular weight is 399 g/mol. The van der Waals surface area contributed by atoms with E-state index in [9.17, 15) is 9.59 Å². The second-order valence-electron chi connectivity index (χ2n) is 6.89. The molecule has 1 aliphatic rings. The van der Waals surface area contributed by atoms with E-state index in [0.717, 1.165) is 16.9 Å². The summed E-state index contributed by atoms with van der Waals surface area (Å²) in [4.78, 5) is 28.0. The Morgan fingerprint density at radius 2 is 1.96 bits per heavy atom. The summed E-state index contributed by atoms with van der Waals surface area (Å²) >= 11 is 1.69. The number of amides is 2. The number of hydrogen-bond acceptors (Lipinski definition) is 4. The Morgan fingerprint density at radius 3 is 2.68 bits per heavy atom. The van der Waals surface area contributed by atoms with Gasteiger partial charge in [-0.05, 0) is 36.4 Å². The molecule has 1 atom stereocenters. The van der Waals surface area contributed by atoms with Crippen molar-refractivity contribution in [2.24, 2.45) is 5.92 Å². The maximum atomic E-state index is 12.6. The van der Waals surface area contributed by atoms with Gasteiger partial charge in [0.1, 0.15) is 5.75 Å². The third kappa shape index (κ3) is 5.07. The lowest BCUT2D eigenvalue weighted by atomic mass is 9.96. The Morgan fingerprint density at radius 1 is 1.21 bits per heavy atom. The second-order valence-corrected chi connectivity index (χ2v) is 7.77. The normalized spacial score (nSPS) is 16.7. The molecule has 0 aliphatic carbocycles. The Labute approximate surface area is 170 Å². The van der Waals surface area contributed by atoms with Gasteiger partial charge in [-0.3, -0.25) is 9.59 Å². The summed E-state index contributed by atoms with van der Waals surface area (Å²) in [7, 11) is 1.62. The molecule has 0 bridgehead atoms. The Bertz CT molecular complexity index is 823. The van der Waals surface area contributed by atoms with Crippen LogP contribution in [-0.2, 0) is 22.7 Å². The van der Waals surface area contributed by atoms with E-state index < -0.39 is 0 Å². The fourth-order valence-corrected chi connectivity index (χ4v) is 3.81. The summed E-state index contributed by atoms with van der Waals surface area (Å²) in [6.45, 7) is 1.40. The molecule has 0 saturated carbocycles. The zero-order chi connectivity index (χ0) is 19.9. The lowest BCUT2D eigenvalue weighted by molar-refractivity contribution is -0.139. The van der Waals surface area contributed by atoms with Crippen LogP contribution in [0.25, 0.3) is 0 Å². The summed E-state index contributed by atoms with van der Waals surface area (Å²) in [5.41, 5.74) is 2.03. The van der Waals surface area contributed by atoms with Crippen molar-refractivity contribution >= 4 is 23.6 Å². The molecule has 5 nitrogen and oxygen atoms in total. The molecular formula is C22H26N2O3S. The van der Waals surface area contributed by atoms with Crippen LogP contribution in [0.2, 0.25) is 0 Å². The largest absolute Gasteiger partial charge is 0.496 e. The molecule has 1 aliphatic heterocycles. The van der Waals surface area contributed by atoms with Gasteiger partial charge in [-0.1, -0.05) is 30.3 Å². The first-order chi connectivity index (χ1) is 13.6. The van der Waals surface area contributed by atoms with Gasteiger partial charge in [0.2, 0.25) is 11.8 Å². The Kier molecular flexibility index (Phi) is 6.98. The molecule has 3 rings (SSSR count). The van der Waals surface area contributed by atoms with E-state index in [0.29, 0.717) is 32.5 Å². The van der Waals surface area contributed by atoms with Crippen LogP contribution in [0.1, 0.15) is 24.0 Å². The highest BCUT2D eigenvalue weighted by Gasteiger charge is 2.30. The second kappa shape index (κ2) is 9.64. The average Bonchev–Trinajstić information content (AvgIpc) is 2.74. The summed E-state index contributed by atoms with van der Waals surface area (Å²) < 4.78 is 5.38. The third-order valence-corrected chi connectivity index (χ3v) is 5.79. The molecule has 2 aromatic rings. The lowest BCUT2D eigenvalue weighted by Gasteiger charge is -2.32. The van der Waals surface area contributed by atoms with Crippen LogP contribution in [0.5, 0.6) is 5.75 Å². The van der Waals surface area contributed by atoms with Crippen LogP contribution in [-0.4, -0.2) is 36.6 Å². The maximum Gasteiger partial charge on any atom is 0.225 e. The van der Waals surface area contributed by atoms with Gasteiger partial charge in [0.25, 0.3) is 0 Å². The van der Waals surface area contributed by atoms with Crippen LogP contribution in [0.15, 0.2) is 53.4 Å². The molecule has 148 valence electrons. The van der Waals surface area contributed by atoms with Crippen molar-refractivity contribution in [1.82, 2.24) is 10.2 Å². The first-order valence-electron chi connectivity index (χ1n) is 9.41. The van der Waals surface area contributed by atoms with Crippen molar-refractivity contribution in [3.8, 4) is 5.75 Å². The molecule has 28 heavy (non-hydrogen) atoms. The van der Waals surface area contributed by atoms with Gasteiger partial charge in [0, 0.05) is 36.5 Å². The number of para-hydroxylation sites is 1. The van der Waals surface area contributed by atoms with Crippen LogP contribution >= 0.6 is 11.8 Å². The molecule has 1 saturated heterocycles. The third-order valence-electron chi connectivity index (χ3n) is 5.05. The first kappa shape index (κ1) is 20.3. The predicted molar refractivity (Wildman–Crippen MR) is 111 cm³/mol. The van der Waals surface area contributed by atoms with Crippen molar-refractivity contribution in [2.75, 3.05) is 19.9 Å². The van der Waals surface area contributed by atoms with E-state index in [1.165, 1.54) is 4.90 Å². The van der Waals surface area contributed by atoms with Crippen LogP contribution in [0.3, 0.4) is 0 Å². The molecule has 0 aromatic heterocycles. The van der Waals surface area contributed by atoms with Crippen molar-refractivity contribution in [2.45, 2.75) is 30.8 Å². The first-order valence-corrected chi connectivity index (χ1v) is 10.6. The zero-order valence-electron chi connectivity index (χ0n) is 16.3. The highest BCUT2D eigenvalue weighted by Crippen LogP contribution is 2.24. The van der Waals surface area contributed by atoms with Gasteiger partial charge in [-0.2, -0.15) is 0 Å². The number of carbonyl (C=O) groups is 2. The molecular weight excluding hydrogens is 372 g/mol. The quantitative estimate of drug-likeness (QED) is 0.726. The number of methoxy groups -OCH3 is 1. The monoisotopic (exact) mass is 398 g/mol. The van der Waals surface area contributed by atoms with Crippen molar-refractivity contribution in [3.63, 3.8) is 0 Å². The van der Waals surface area contributed by atoms with Crippen molar-refractivity contribution in [1.29, 1.82) is 0 Å². The molecule has 1 heterocycles. The van der Waals surface area contributed by atoms with Gasteiger partial charge in [0.15, 0.2) is 0 Å². The van der Waals surface area contributed by atoms with E-state index >= 15 is 0 Å². The van der Waals surface area contributed by atoms with E-state index in [2.05, 4.69) is 17.4 Å². The molecule has 2 amide bonds. The van der Waals surface area contributed by atoms with Crippen LogP contribution < -0.4 is 10.1 Å². The Balaban J connectivity index is 1.58. The minimum atomic E-state index is -0.183. The molecule has 1 N–H and O–H groups in total. The fraction of sp³-hybridized carbons (Fsp3) is 0.364. The van der Waals surface area contributed by atoms with E-state index in [4.69, 9.17) is 4.74 Å². The SMILES string of the molecule is COc1ccccc1CN1C[C@H](C(=O)NCc2ccc(SC)cc2)CCC1=O. The number of benzene rings is 2. The van der Waals surface area contributed by atoms with Crippen LogP contribution in [0.4, 0.5) is 0 Å².